The molecule has 1 heterocycles. The Bertz CT molecular complexity index is 1190. The van der Waals surface area contributed by atoms with Gasteiger partial charge in [0.05, 0.1) is 16.3 Å². The molecule has 142 valence electrons. The average molecular weight is 383 g/mol. The molecule has 29 heavy (non-hydrogen) atoms. The second kappa shape index (κ2) is 7.77. The summed E-state index contributed by atoms with van der Waals surface area (Å²) >= 11 is 0. The SMILES string of the molecule is O=[N+]([O-])c1ccc([O-])c(C=Nc2cc(-c3ccccc3)nn2-c2ccccc2)c1. The van der Waals surface area contributed by atoms with Gasteiger partial charge in [0.15, 0.2) is 5.82 Å². The Balaban J connectivity index is 1.79. The van der Waals surface area contributed by atoms with Crippen molar-refractivity contribution >= 4 is 17.7 Å². The third kappa shape index (κ3) is 3.89. The topological polar surface area (TPSA) is 96.4 Å². The fraction of sp³-hybridized carbons (Fsp3) is 0. The van der Waals surface area contributed by atoms with E-state index in [0.29, 0.717) is 5.82 Å². The van der Waals surface area contributed by atoms with E-state index in [2.05, 4.69) is 10.1 Å². The van der Waals surface area contributed by atoms with Crippen LogP contribution in [-0.4, -0.2) is 20.9 Å². The van der Waals surface area contributed by atoms with Gasteiger partial charge >= 0.3 is 0 Å². The number of nitrogens with zero attached hydrogens (tertiary/aromatic N) is 4. The Morgan fingerprint density at radius 3 is 2.31 bits per heavy atom. The molecule has 1 aromatic heterocycles. The first-order chi connectivity index (χ1) is 14.1. The van der Waals surface area contributed by atoms with E-state index in [0.717, 1.165) is 16.9 Å². The number of nitro groups is 1. The molecule has 0 aliphatic rings. The number of hydrogen-bond acceptors (Lipinski definition) is 5. The molecule has 0 amide bonds. The molecule has 0 unspecified atom stereocenters. The molecule has 7 nitrogen and oxygen atoms in total. The summed E-state index contributed by atoms with van der Waals surface area (Å²) in [4.78, 5) is 14.9. The number of benzene rings is 3. The highest BCUT2D eigenvalue weighted by Crippen LogP contribution is 2.27. The summed E-state index contributed by atoms with van der Waals surface area (Å²) in [7, 11) is 0. The minimum Gasteiger partial charge on any atom is -0.872 e. The Morgan fingerprint density at radius 1 is 0.931 bits per heavy atom. The average Bonchev–Trinajstić information content (AvgIpc) is 3.18. The van der Waals surface area contributed by atoms with Gasteiger partial charge in [-0.3, -0.25) is 10.1 Å². The molecular formula is C22H15N4O3-. The van der Waals surface area contributed by atoms with Crippen LogP contribution >= 0.6 is 0 Å². The molecule has 0 spiro atoms. The fourth-order valence-corrected chi connectivity index (χ4v) is 2.86. The normalized spacial score (nSPS) is 11.0. The third-order valence-electron chi connectivity index (χ3n) is 4.30. The predicted molar refractivity (Wildman–Crippen MR) is 109 cm³/mol. The van der Waals surface area contributed by atoms with Gasteiger partial charge in [0.1, 0.15) is 0 Å². The van der Waals surface area contributed by atoms with E-state index in [9.17, 15) is 15.2 Å². The standard InChI is InChI=1S/C22H16N4O3/c27-21-12-11-19(26(28)29)13-17(21)15-23-22-14-20(16-7-3-1-4-8-16)24-25(22)18-9-5-2-6-10-18/h1-15,27H/p-1. The lowest BCUT2D eigenvalue weighted by atomic mass is 10.1. The highest BCUT2D eigenvalue weighted by Gasteiger charge is 2.11. The summed E-state index contributed by atoms with van der Waals surface area (Å²) < 4.78 is 1.67. The summed E-state index contributed by atoms with van der Waals surface area (Å²) in [6.45, 7) is 0. The lowest BCUT2D eigenvalue weighted by molar-refractivity contribution is -0.385. The van der Waals surface area contributed by atoms with Crippen LogP contribution in [-0.2, 0) is 0 Å². The molecule has 0 bridgehead atoms. The first-order valence-electron chi connectivity index (χ1n) is 8.82. The zero-order valence-corrected chi connectivity index (χ0v) is 15.2. The fourth-order valence-electron chi connectivity index (χ4n) is 2.86. The van der Waals surface area contributed by atoms with Crippen molar-refractivity contribution < 1.29 is 10.0 Å². The molecule has 0 aliphatic carbocycles. The Kier molecular flexibility index (Phi) is 4.86. The van der Waals surface area contributed by atoms with Gasteiger partial charge in [0.25, 0.3) is 5.69 Å². The summed E-state index contributed by atoms with van der Waals surface area (Å²) in [6, 6.07) is 24.5. The zero-order valence-electron chi connectivity index (χ0n) is 15.2. The zero-order chi connectivity index (χ0) is 20.2. The third-order valence-corrected chi connectivity index (χ3v) is 4.30. The number of para-hydroxylation sites is 1. The van der Waals surface area contributed by atoms with Crippen LogP contribution in [0.2, 0.25) is 0 Å². The molecule has 7 heteroatoms. The van der Waals surface area contributed by atoms with E-state index in [-0.39, 0.29) is 17.0 Å². The van der Waals surface area contributed by atoms with Crippen molar-refractivity contribution in [1.82, 2.24) is 9.78 Å². The highest BCUT2D eigenvalue weighted by molar-refractivity contribution is 5.86. The second-order valence-corrected chi connectivity index (χ2v) is 6.24. The molecule has 4 rings (SSSR count). The molecule has 0 N–H and O–H groups in total. The van der Waals surface area contributed by atoms with Gasteiger partial charge in [-0.15, -0.1) is 0 Å². The molecule has 3 aromatic carbocycles. The van der Waals surface area contributed by atoms with Crippen molar-refractivity contribution in [3.63, 3.8) is 0 Å². The van der Waals surface area contributed by atoms with Crippen LogP contribution in [0.1, 0.15) is 5.56 Å². The maximum Gasteiger partial charge on any atom is 0.270 e. The van der Waals surface area contributed by atoms with Crippen molar-refractivity contribution in [3.05, 3.63) is 101 Å². The van der Waals surface area contributed by atoms with E-state index >= 15 is 0 Å². The van der Waals surface area contributed by atoms with Gasteiger partial charge in [-0.05, 0) is 17.7 Å². The predicted octanol–water partition coefficient (Wildman–Crippen LogP) is 4.27. The lowest BCUT2D eigenvalue weighted by Crippen LogP contribution is -1.99. The van der Waals surface area contributed by atoms with Crippen LogP contribution in [0.4, 0.5) is 11.5 Å². The Morgan fingerprint density at radius 2 is 1.62 bits per heavy atom. The van der Waals surface area contributed by atoms with Gasteiger partial charge in [-0.1, -0.05) is 60.3 Å². The van der Waals surface area contributed by atoms with Crippen molar-refractivity contribution in [2.75, 3.05) is 0 Å². The molecular weight excluding hydrogens is 368 g/mol. The maximum absolute atomic E-state index is 12.1. The number of aromatic nitrogens is 2. The summed E-state index contributed by atoms with van der Waals surface area (Å²) in [5, 5.41) is 27.7. The van der Waals surface area contributed by atoms with Crippen LogP contribution in [0.3, 0.4) is 0 Å². The van der Waals surface area contributed by atoms with Crippen LogP contribution in [0.15, 0.2) is 89.9 Å². The van der Waals surface area contributed by atoms with Gasteiger partial charge in [-0.2, -0.15) is 5.10 Å². The maximum atomic E-state index is 12.1. The minimum absolute atomic E-state index is 0.140. The number of aliphatic imine (C=N–C) groups is 1. The smallest absolute Gasteiger partial charge is 0.270 e. The summed E-state index contributed by atoms with van der Waals surface area (Å²) in [5.41, 5.74) is 2.44. The molecule has 0 saturated carbocycles. The van der Waals surface area contributed by atoms with Crippen molar-refractivity contribution in [2.45, 2.75) is 0 Å². The molecule has 4 aromatic rings. The van der Waals surface area contributed by atoms with Crippen LogP contribution in [0, 0.1) is 10.1 Å². The number of non-ortho nitro benzene ring substituents is 1. The van der Waals surface area contributed by atoms with E-state index < -0.39 is 4.92 Å². The minimum atomic E-state index is -0.543. The van der Waals surface area contributed by atoms with Crippen molar-refractivity contribution in [2.24, 2.45) is 4.99 Å². The van der Waals surface area contributed by atoms with Crippen molar-refractivity contribution in [3.8, 4) is 22.7 Å². The van der Waals surface area contributed by atoms with Crippen molar-refractivity contribution in [1.29, 1.82) is 0 Å². The van der Waals surface area contributed by atoms with Crippen LogP contribution in [0.5, 0.6) is 5.75 Å². The summed E-state index contributed by atoms with van der Waals surface area (Å²) in [6.07, 6.45) is 1.33. The number of hydrogen-bond donors (Lipinski definition) is 0. The largest absolute Gasteiger partial charge is 0.872 e. The lowest BCUT2D eigenvalue weighted by Gasteiger charge is -2.09. The van der Waals surface area contributed by atoms with Gasteiger partial charge in [-0.25, -0.2) is 9.67 Å². The first kappa shape index (κ1) is 18.1. The van der Waals surface area contributed by atoms with Gasteiger partial charge < -0.3 is 5.11 Å². The quantitative estimate of drug-likeness (QED) is 0.292. The van der Waals surface area contributed by atoms with Gasteiger partial charge in [0, 0.05) is 30.0 Å². The molecule has 0 atom stereocenters. The van der Waals surface area contributed by atoms with Crippen LogP contribution < -0.4 is 5.11 Å². The van der Waals surface area contributed by atoms with Crippen LogP contribution in [0.25, 0.3) is 16.9 Å². The second-order valence-electron chi connectivity index (χ2n) is 6.24. The molecule has 0 fully saturated rings. The highest BCUT2D eigenvalue weighted by atomic mass is 16.6. The van der Waals surface area contributed by atoms with E-state index in [1.807, 2.05) is 60.7 Å². The summed E-state index contributed by atoms with van der Waals surface area (Å²) in [5.74, 6) is 0.161. The Labute approximate surface area is 166 Å². The number of nitro benzene ring substituents is 1. The van der Waals surface area contributed by atoms with E-state index in [1.54, 1.807) is 10.7 Å². The first-order valence-corrected chi connectivity index (χ1v) is 8.82. The number of rotatable bonds is 5. The van der Waals surface area contributed by atoms with E-state index in [4.69, 9.17) is 0 Å². The molecule has 0 radical (unpaired) electrons. The monoisotopic (exact) mass is 383 g/mol. The Hall–Kier alpha value is -4.26. The van der Waals surface area contributed by atoms with Gasteiger partial charge in [0.2, 0.25) is 0 Å². The molecule has 0 aliphatic heterocycles. The van der Waals surface area contributed by atoms with E-state index in [1.165, 1.54) is 24.4 Å². The molecule has 0 saturated heterocycles.